The van der Waals surface area contributed by atoms with Crippen molar-refractivity contribution >= 4 is 29.0 Å². The van der Waals surface area contributed by atoms with Gasteiger partial charge in [-0.25, -0.2) is 0 Å². The second kappa shape index (κ2) is 10.8. The summed E-state index contributed by atoms with van der Waals surface area (Å²) < 4.78 is 6.16. The molecule has 2 aromatic carbocycles. The first kappa shape index (κ1) is 32.8. The van der Waals surface area contributed by atoms with Crippen molar-refractivity contribution in [3.05, 3.63) is 45.5 Å². The molecule has 0 atom stereocenters. The third-order valence-corrected chi connectivity index (χ3v) is 6.27. The molecular weight excluding hydrogens is 456 g/mol. The van der Waals surface area contributed by atoms with E-state index in [1.807, 2.05) is 47.6 Å². The van der Waals surface area contributed by atoms with E-state index < -0.39 is 5.41 Å². The minimum absolute atomic E-state index is 0. The molecule has 5 heteroatoms. The fraction of sp³-hybridized carbons (Fsp3) is 0.552. The molecule has 0 saturated heterocycles. The Labute approximate surface area is 229 Å². The predicted molar refractivity (Wildman–Crippen MR) is 139 cm³/mol. The molecule has 0 unspecified atom stereocenters. The van der Waals surface area contributed by atoms with Crippen LogP contribution in [0.3, 0.4) is 0 Å². The van der Waals surface area contributed by atoms with Gasteiger partial charge in [-0.1, -0.05) is 59.4 Å². The van der Waals surface area contributed by atoms with Crippen molar-refractivity contribution in [1.29, 1.82) is 0 Å². The van der Waals surface area contributed by atoms with Crippen molar-refractivity contribution in [2.45, 2.75) is 101 Å². The second-order valence-corrected chi connectivity index (χ2v) is 12.3. The molecule has 0 spiro atoms. The summed E-state index contributed by atoms with van der Waals surface area (Å²) in [7, 11) is 0. The maximum Gasteiger partial charge on any atom is 2.00 e. The minimum atomic E-state index is -0.663. The summed E-state index contributed by atoms with van der Waals surface area (Å²) in [4.78, 5) is 13.1. The van der Waals surface area contributed by atoms with Gasteiger partial charge in [0, 0.05) is 11.1 Å². The largest absolute Gasteiger partial charge is 2.00 e. The second-order valence-electron chi connectivity index (χ2n) is 12.3. The number of hydrogen-bond donors (Lipinski definition) is 0. The number of aryl methyl sites for hydroxylation is 2. The van der Waals surface area contributed by atoms with E-state index in [2.05, 4.69) is 54.5 Å². The summed E-state index contributed by atoms with van der Waals surface area (Å²) in [5.74, 6) is 0.231. The molecule has 0 N–H and O–H groups in total. The zero-order valence-corrected chi connectivity index (χ0v) is 25.6. The van der Waals surface area contributed by atoms with E-state index in [0.29, 0.717) is 11.3 Å². The van der Waals surface area contributed by atoms with Gasteiger partial charge in [0.25, 0.3) is 0 Å². The van der Waals surface area contributed by atoms with E-state index in [-0.39, 0.29) is 58.0 Å². The Bertz CT molecular complexity index is 1070. The molecule has 0 radical (unpaired) electrons. The summed E-state index contributed by atoms with van der Waals surface area (Å²) in [5, 5.41) is 13.9. The maximum absolute atomic E-state index is 13.9. The number of ether oxygens (including phenoxy) is 1. The number of esters is 1. The molecule has 34 heavy (non-hydrogen) atoms. The Morgan fingerprint density at radius 2 is 1.12 bits per heavy atom. The number of hydrogen-bond acceptors (Lipinski definition) is 3. The monoisotopic (exact) mass is 496 g/mol. The van der Waals surface area contributed by atoms with Crippen LogP contribution in [0.25, 0.3) is 11.1 Å². The Hall–Kier alpha value is -1.23. The third-order valence-electron chi connectivity index (χ3n) is 6.27. The van der Waals surface area contributed by atoms with Gasteiger partial charge in [0.2, 0.25) is 0 Å². The van der Waals surface area contributed by atoms with E-state index in [1.165, 1.54) is 0 Å². The zero-order chi connectivity index (χ0) is 25.0. The maximum atomic E-state index is 13.9. The summed E-state index contributed by atoms with van der Waals surface area (Å²) >= 11 is 0. The van der Waals surface area contributed by atoms with Crippen LogP contribution >= 0.6 is 0 Å². The van der Waals surface area contributed by atoms with Crippen LogP contribution in [-0.2, 0) is 15.6 Å². The van der Waals surface area contributed by atoms with E-state index >= 15 is 0 Å². The van der Waals surface area contributed by atoms with Gasteiger partial charge in [-0.3, -0.25) is 4.79 Å². The van der Waals surface area contributed by atoms with Crippen LogP contribution in [0.2, 0.25) is 0 Å². The molecule has 0 amide bonds. The molecule has 0 saturated carbocycles. The molecule has 0 heterocycles. The van der Waals surface area contributed by atoms with Gasteiger partial charge in [-0.2, -0.15) is 0 Å². The van der Waals surface area contributed by atoms with Crippen LogP contribution in [0.4, 0.5) is 0 Å². The Morgan fingerprint density at radius 3 is 1.50 bits per heavy atom. The number of rotatable bonds is 2. The molecule has 3 nitrogen and oxygen atoms in total. The number of carbonyl (C=O) groups excluding carboxylic acids is 1. The van der Waals surface area contributed by atoms with Crippen LogP contribution in [0.1, 0.15) is 95.7 Å². The van der Waals surface area contributed by atoms with Crippen LogP contribution < -0.4 is 22.3 Å². The van der Waals surface area contributed by atoms with Crippen molar-refractivity contribution in [2.24, 2.45) is 5.41 Å². The van der Waals surface area contributed by atoms with Gasteiger partial charge in [-0.05, 0) is 92.7 Å². The average Bonchev–Trinajstić information content (AvgIpc) is 2.60. The Kier molecular flexibility index (Phi) is 10.4. The fourth-order valence-electron chi connectivity index (χ4n) is 3.85. The Morgan fingerprint density at radius 1 is 0.735 bits per heavy atom. The molecule has 2 aromatic rings. The van der Waals surface area contributed by atoms with E-state index in [9.17, 15) is 9.90 Å². The standard InChI is InChI=1S/C29H42O3.ClH.Mg/c1-16-14-20(27(5,6)7)24(30)22(18(16)3)23-19(4)17(2)15-21(28(8,9)10)25(23)32-26(31)29(11,12)13;;/h14-15,30H,1-13H3;1H;/q;;+2/p-2. The zero-order valence-electron chi connectivity index (χ0n) is 23.5. The summed E-state index contributed by atoms with van der Waals surface area (Å²) in [5.41, 5.74) is 5.95. The van der Waals surface area contributed by atoms with Gasteiger partial charge < -0.3 is 22.3 Å². The topological polar surface area (TPSA) is 49.4 Å². The summed E-state index contributed by atoms with van der Waals surface area (Å²) in [6.45, 7) is 26.2. The first-order chi connectivity index (χ1) is 14.3. The molecule has 0 aliphatic carbocycles. The smallest absolute Gasteiger partial charge is 1.00 e. The molecule has 0 aromatic heterocycles. The van der Waals surface area contributed by atoms with E-state index in [4.69, 9.17) is 4.74 Å². The number of benzene rings is 2. The average molecular weight is 497 g/mol. The van der Waals surface area contributed by atoms with Crippen molar-refractivity contribution < 1.29 is 27.0 Å². The SMILES string of the molecule is Cc1cc(C(C)(C)C)c([O-])c(-c2c(C)c(C)cc(C(C)(C)C)c2OC(=O)C(C)(C)C)c1C.[Cl-].[Mg+2]. The molecule has 0 fully saturated rings. The molecule has 0 aliphatic rings. The fourth-order valence-corrected chi connectivity index (χ4v) is 3.85. The molecular formula is C29H41ClMgO3. The predicted octanol–water partition coefficient (Wildman–Crippen LogP) is 3.83. The van der Waals surface area contributed by atoms with E-state index in [0.717, 1.165) is 38.9 Å². The van der Waals surface area contributed by atoms with Gasteiger partial charge >= 0.3 is 29.0 Å². The van der Waals surface area contributed by atoms with Crippen molar-refractivity contribution in [1.82, 2.24) is 0 Å². The minimum Gasteiger partial charge on any atom is -1.00 e. The van der Waals surface area contributed by atoms with Crippen LogP contribution in [0.5, 0.6) is 11.5 Å². The van der Waals surface area contributed by atoms with Gasteiger partial charge in [0.15, 0.2) is 0 Å². The summed E-state index contributed by atoms with van der Waals surface area (Å²) in [6, 6.07) is 4.11. The third kappa shape index (κ3) is 6.50. The quantitative estimate of drug-likeness (QED) is 0.360. The first-order valence-electron chi connectivity index (χ1n) is 11.5. The van der Waals surface area contributed by atoms with Gasteiger partial charge in [0.1, 0.15) is 5.75 Å². The number of carbonyl (C=O) groups is 1. The Balaban J connectivity index is 0.00000544. The van der Waals surface area contributed by atoms with Crippen LogP contribution in [0, 0.1) is 33.1 Å². The number of halogens is 1. The van der Waals surface area contributed by atoms with Crippen LogP contribution in [-0.4, -0.2) is 29.0 Å². The van der Waals surface area contributed by atoms with Crippen molar-refractivity contribution in [2.75, 3.05) is 0 Å². The van der Waals surface area contributed by atoms with Crippen molar-refractivity contribution in [3.63, 3.8) is 0 Å². The van der Waals surface area contributed by atoms with Crippen molar-refractivity contribution in [3.8, 4) is 22.6 Å². The van der Waals surface area contributed by atoms with E-state index in [1.54, 1.807) is 0 Å². The first-order valence-corrected chi connectivity index (χ1v) is 11.5. The molecule has 2 rings (SSSR count). The normalized spacial score (nSPS) is 12.0. The summed E-state index contributed by atoms with van der Waals surface area (Å²) in [6.07, 6.45) is 0. The van der Waals surface area contributed by atoms with Gasteiger partial charge in [-0.15, -0.1) is 0 Å². The van der Waals surface area contributed by atoms with Gasteiger partial charge in [0.05, 0.1) is 5.41 Å². The van der Waals surface area contributed by atoms with Crippen LogP contribution in [0.15, 0.2) is 12.1 Å². The molecule has 0 bridgehead atoms. The molecule has 0 aliphatic heterocycles. The molecule has 184 valence electrons.